The highest BCUT2D eigenvalue weighted by molar-refractivity contribution is 5.75. The number of urea groups is 1. The number of carbonyl (C=O) groups is 1. The number of likely N-dealkylation sites (tertiary alicyclic amines) is 1. The van der Waals surface area contributed by atoms with E-state index in [1.165, 1.54) is 12.8 Å². The van der Waals surface area contributed by atoms with Crippen LogP contribution >= 0.6 is 0 Å². The monoisotopic (exact) mass is 224 g/mol. The summed E-state index contributed by atoms with van der Waals surface area (Å²) in [5.41, 5.74) is 0.733. The van der Waals surface area contributed by atoms with Gasteiger partial charge in [0.05, 0.1) is 0 Å². The highest BCUT2D eigenvalue weighted by Crippen LogP contribution is 2.52. The van der Waals surface area contributed by atoms with E-state index in [0.717, 1.165) is 19.5 Å². The molecule has 1 aliphatic carbocycles. The average Bonchev–Trinajstić information content (AvgIpc) is 2.35. The molecule has 0 aromatic heterocycles. The molecule has 2 bridgehead atoms. The van der Waals surface area contributed by atoms with Gasteiger partial charge in [-0.25, -0.2) is 4.79 Å². The molecular formula is C13H24N2O. The summed E-state index contributed by atoms with van der Waals surface area (Å²) >= 11 is 0. The normalized spacial score (nSPS) is 36.2. The molecule has 16 heavy (non-hydrogen) atoms. The molecule has 3 nitrogen and oxygen atoms in total. The van der Waals surface area contributed by atoms with E-state index in [2.05, 4.69) is 31.0 Å². The van der Waals surface area contributed by atoms with E-state index in [1.807, 2.05) is 6.92 Å². The van der Waals surface area contributed by atoms with Crippen molar-refractivity contribution in [3.05, 3.63) is 0 Å². The smallest absolute Gasteiger partial charge is 0.317 e. The largest absolute Gasteiger partial charge is 0.338 e. The van der Waals surface area contributed by atoms with Gasteiger partial charge in [0.15, 0.2) is 0 Å². The molecule has 2 aliphatic rings. The molecule has 1 N–H and O–H groups in total. The first kappa shape index (κ1) is 11.7. The van der Waals surface area contributed by atoms with Crippen molar-refractivity contribution >= 4 is 6.03 Å². The Kier molecular flexibility index (Phi) is 2.67. The van der Waals surface area contributed by atoms with Crippen LogP contribution in [0.25, 0.3) is 0 Å². The van der Waals surface area contributed by atoms with E-state index in [4.69, 9.17) is 0 Å². The Bertz CT molecular complexity index is 300. The van der Waals surface area contributed by atoms with Gasteiger partial charge in [0.25, 0.3) is 0 Å². The van der Waals surface area contributed by atoms with Gasteiger partial charge in [-0.15, -0.1) is 0 Å². The van der Waals surface area contributed by atoms with Crippen LogP contribution in [0.1, 0.15) is 47.0 Å². The van der Waals surface area contributed by atoms with E-state index in [-0.39, 0.29) is 6.03 Å². The second-order valence-electron chi connectivity index (χ2n) is 6.68. The van der Waals surface area contributed by atoms with Crippen LogP contribution in [0.2, 0.25) is 0 Å². The third kappa shape index (κ3) is 2.04. The first-order chi connectivity index (χ1) is 7.35. The summed E-state index contributed by atoms with van der Waals surface area (Å²) in [4.78, 5) is 14.0. The summed E-state index contributed by atoms with van der Waals surface area (Å²) in [6.45, 7) is 10.6. The van der Waals surface area contributed by atoms with E-state index in [9.17, 15) is 4.79 Å². The molecule has 1 heterocycles. The molecule has 0 aromatic carbocycles. The van der Waals surface area contributed by atoms with Crippen molar-refractivity contribution in [1.29, 1.82) is 0 Å². The number of nitrogens with one attached hydrogen (secondary N) is 1. The SMILES string of the molecule is CCNC(=O)N1CC2(C)CC1CC(C)(C)C2. The summed E-state index contributed by atoms with van der Waals surface area (Å²) in [6, 6.07) is 0.592. The van der Waals surface area contributed by atoms with Gasteiger partial charge in [-0.05, 0) is 37.0 Å². The standard InChI is InChI=1S/C13H24N2O/c1-5-14-11(16)15-9-13(4)7-10(15)6-12(2,3)8-13/h10H,5-9H2,1-4H3,(H,14,16). The molecular weight excluding hydrogens is 200 g/mol. The Balaban J connectivity index is 2.13. The van der Waals surface area contributed by atoms with Crippen LogP contribution in [-0.2, 0) is 0 Å². The van der Waals surface area contributed by atoms with Crippen molar-refractivity contribution in [2.45, 2.75) is 53.0 Å². The van der Waals surface area contributed by atoms with Crippen molar-refractivity contribution in [3.63, 3.8) is 0 Å². The van der Waals surface area contributed by atoms with Crippen LogP contribution in [0.4, 0.5) is 4.79 Å². The van der Waals surface area contributed by atoms with Gasteiger partial charge in [0.1, 0.15) is 0 Å². The molecule has 0 aromatic rings. The van der Waals surface area contributed by atoms with Gasteiger partial charge in [-0.3, -0.25) is 0 Å². The van der Waals surface area contributed by atoms with E-state index >= 15 is 0 Å². The molecule has 2 atom stereocenters. The fourth-order valence-electron chi connectivity index (χ4n) is 3.95. The van der Waals surface area contributed by atoms with Crippen molar-refractivity contribution in [3.8, 4) is 0 Å². The fraction of sp³-hybridized carbons (Fsp3) is 0.923. The number of fused-ring (bicyclic) bond motifs is 2. The zero-order valence-corrected chi connectivity index (χ0v) is 11.0. The Hall–Kier alpha value is -0.730. The Morgan fingerprint density at radius 2 is 2.06 bits per heavy atom. The van der Waals surface area contributed by atoms with Gasteiger partial charge >= 0.3 is 6.03 Å². The quantitative estimate of drug-likeness (QED) is 0.729. The molecule has 0 radical (unpaired) electrons. The van der Waals surface area contributed by atoms with Gasteiger partial charge < -0.3 is 10.2 Å². The van der Waals surface area contributed by atoms with Crippen molar-refractivity contribution in [2.24, 2.45) is 10.8 Å². The maximum absolute atomic E-state index is 12.0. The first-order valence-corrected chi connectivity index (χ1v) is 6.40. The second kappa shape index (κ2) is 3.64. The Morgan fingerprint density at radius 1 is 1.38 bits per heavy atom. The maximum atomic E-state index is 12.0. The minimum atomic E-state index is 0.133. The summed E-state index contributed by atoms with van der Waals surface area (Å²) in [7, 11) is 0. The molecule has 1 saturated heterocycles. The highest BCUT2D eigenvalue weighted by atomic mass is 16.2. The van der Waals surface area contributed by atoms with Crippen LogP contribution in [0, 0.1) is 10.8 Å². The number of carbonyl (C=O) groups excluding carboxylic acids is 1. The molecule has 92 valence electrons. The van der Waals surface area contributed by atoms with Crippen LogP contribution < -0.4 is 5.32 Å². The molecule has 2 amide bonds. The summed E-state index contributed by atoms with van der Waals surface area (Å²) in [6.07, 6.45) is 3.58. The Labute approximate surface area is 98.6 Å². The highest BCUT2D eigenvalue weighted by Gasteiger charge is 2.50. The number of nitrogens with zero attached hydrogens (tertiary/aromatic N) is 1. The molecule has 2 fully saturated rings. The minimum absolute atomic E-state index is 0.133. The second-order valence-corrected chi connectivity index (χ2v) is 6.68. The van der Waals surface area contributed by atoms with Crippen LogP contribution in [0.3, 0.4) is 0 Å². The van der Waals surface area contributed by atoms with Crippen molar-refractivity contribution in [1.82, 2.24) is 10.2 Å². The lowest BCUT2D eigenvalue weighted by Crippen LogP contribution is -2.43. The topological polar surface area (TPSA) is 32.3 Å². The van der Waals surface area contributed by atoms with Crippen LogP contribution in [0.5, 0.6) is 0 Å². The predicted molar refractivity (Wildman–Crippen MR) is 65.3 cm³/mol. The summed E-state index contributed by atoms with van der Waals surface area (Å²) in [5.74, 6) is 0. The zero-order valence-electron chi connectivity index (χ0n) is 11.0. The number of rotatable bonds is 1. The lowest BCUT2D eigenvalue weighted by Gasteiger charge is -2.39. The lowest BCUT2D eigenvalue weighted by atomic mass is 9.65. The molecule has 1 saturated carbocycles. The molecule has 2 unspecified atom stereocenters. The van der Waals surface area contributed by atoms with Crippen LogP contribution in [0.15, 0.2) is 0 Å². The molecule has 1 aliphatic heterocycles. The van der Waals surface area contributed by atoms with Gasteiger partial charge in [0, 0.05) is 19.1 Å². The third-order valence-electron chi connectivity index (χ3n) is 4.00. The maximum Gasteiger partial charge on any atom is 0.317 e. The van der Waals surface area contributed by atoms with Crippen molar-refractivity contribution in [2.75, 3.05) is 13.1 Å². The molecule has 3 heteroatoms. The predicted octanol–water partition coefficient (Wildman–Crippen LogP) is 2.62. The number of amides is 2. The fourth-order valence-corrected chi connectivity index (χ4v) is 3.95. The van der Waals surface area contributed by atoms with Gasteiger partial charge in [-0.2, -0.15) is 0 Å². The molecule has 2 rings (SSSR count). The Morgan fingerprint density at radius 3 is 2.69 bits per heavy atom. The zero-order chi connectivity index (χ0) is 12.0. The summed E-state index contributed by atoms with van der Waals surface area (Å²) in [5, 5.41) is 2.93. The minimum Gasteiger partial charge on any atom is -0.338 e. The lowest BCUT2D eigenvalue weighted by molar-refractivity contribution is 0.129. The first-order valence-electron chi connectivity index (χ1n) is 6.40. The van der Waals surface area contributed by atoms with E-state index in [0.29, 0.717) is 16.9 Å². The average molecular weight is 224 g/mol. The van der Waals surface area contributed by atoms with E-state index in [1.54, 1.807) is 0 Å². The van der Waals surface area contributed by atoms with Crippen molar-refractivity contribution < 1.29 is 4.79 Å². The number of hydrogen-bond acceptors (Lipinski definition) is 1. The van der Waals surface area contributed by atoms with Gasteiger partial charge in [-0.1, -0.05) is 20.8 Å². The van der Waals surface area contributed by atoms with Crippen LogP contribution in [-0.4, -0.2) is 30.1 Å². The number of hydrogen-bond donors (Lipinski definition) is 1. The van der Waals surface area contributed by atoms with E-state index < -0.39 is 0 Å². The summed E-state index contributed by atoms with van der Waals surface area (Å²) < 4.78 is 0. The molecule has 0 spiro atoms. The third-order valence-corrected chi connectivity index (χ3v) is 4.00. The van der Waals surface area contributed by atoms with Gasteiger partial charge in [0.2, 0.25) is 0 Å².